The van der Waals surface area contributed by atoms with Crippen LogP contribution in [0.15, 0.2) is 41.8 Å². The van der Waals surface area contributed by atoms with Crippen molar-refractivity contribution in [2.75, 3.05) is 49.7 Å². The largest absolute Gasteiger partial charge is 0.490 e. The minimum atomic E-state index is -1.00. The van der Waals surface area contributed by atoms with Crippen molar-refractivity contribution in [2.45, 2.75) is 83.0 Å². The average Bonchev–Trinajstić information content (AvgIpc) is 3.63. The number of nitrogens with one attached hydrogen (secondary N) is 3. The number of ether oxygens (including phenoxy) is 2. The van der Waals surface area contributed by atoms with E-state index in [9.17, 15) is 28.0 Å². The zero-order valence-corrected chi connectivity index (χ0v) is 30.2. The first-order chi connectivity index (χ1) is 25.3. The second-order valence-electron chi connectivity index (χ2n) is 13.1. The lowest BCUT2D eigenvalue weighted by molar-refractivity contribution is -0.134. The highest BCUT2D eigenvalue weighted by molar-refractivity contribution is 7.14. The number of halogens is 2. The molecule has 5 rings (SSSR count). The summed E-state index contributed by atoms with van der Waals surface area (Å²) in [4.78, 5) is 54.8. The van der Waals surface area contributed by atoms with Gasteiger partial charge in [-0.1, -0.05) is 37.8 Å². The summed E-state index contributed by atoms with van der Waals surface area (Å²) in [5.41, 5.74) is 2.44. The quantitative estimate of drug-likeness (QED) is 0.0939. The van der Waals surface area contributed by atoms with Crippen LogP contribution in [0.4, 0.5) is 19.6 Å². The van der Waals surface area contributed by atoms with Crippen LogP contribution in [0.5, 0.6) is 5.75 Å². The van der Waals surface area contributed by atoms with E-state index in [0.717, 1.165) is 62.0 Å². The minimum absolute atomic E-state index is 0.000873. The predicted octanol–water partition coefficient (Wildman–Crippen LogP) is 6.48. The lowest BCUT2D eigenvalue weighted by Crippen LogP contribution is -2.39. The fourth-order valence-corrected chi connectivity index (χ4v) is 7.07. The van der Waals surface area contributed by atoms with Crippen molar-refractivity contribution in [2.24, 2.45) is 0 Å². The van der Waals surface area contributed by atoms with Crippen molar-refractivity contribution < 1.29 is 37.4 Å². The Morgan fingerprint density at radius 3 is 2.40 bits per heavy atom. The van der Waals surface area contributed by atoms with Crippen LogP contribution < -0.4 is 25.6 Å². The minimum Gasteiger partial charge on any atom is -0.490 e. The maximum Gasteiger partial charge on any atom is 0.234 e. The Morgan fingerprint density at radius 1 is 0.923 bits per heavy atom. The fourth-order valence-electron chi connectivity index (χ4n) is 6.19. The molecule has 2 aromatic carbocycles. The number of amides is 4. The molecule has 14 heteroatoms. The van der Waals surface area contributed by atoms with Crippen LogP contribution in [0.25, 0.3) is 11.3 Å². The van der Waals surface area contributed by atoms with E-state index in [0.29, 0.717) is 81.6 Å². The Morgan fingerprint density at radius 2 is 1.63 bits per heavy atom. The number of aromatic nitrogens is 1. The molecule has 3 N–H and O–H groups in total. The summed E-state index contributed by atoms with van der Waals surface area (Å²) >= 11 is 1.46. The lowest BCUT2D eigenvalue weighted by atomic mass is 9.90. The van der Waals surface area contributed by atoms with Crippen molar-refractivity contribution in [3.63, 3.8) is 0 Å². The van der Waals surface area contributed by atoms with E-state index in [1.165, 1.54) is 17.4 Å². The Labute approximate surface area is 306 Å². The van der Waals surface area contributed by atoms with Crippen LogP contribution in [0, 0.1) is 11.6 Å². The highest BCUT2D eigenvalue weighted by atomic mass is 32.1. The molecular weight excluding hydrogens is 693 g/mol. The normalized spacial score (nSPS) is 16.0. The van der Waals surface area contributed by atoms with Gasteiger partial charge in [-0.15, -0.1) is 11.3 Å². The molecule has 0 spiro atoms. The molecule has 0 radical (unpaired) electrons. The van der Waals surface area contributed by atoms with Crippen LogP contribution in [-0.2, 0) is 23.9 Å². The molecule has 2 saturated heterocycles. The molecule has 0 bridgehead atoms. The number of hydrogen-bond acceptors (Lipinski definition) is 9. The smallest absolute Gasteiger partial charge is 0.234 e. The summed E-state index contributed by atoms with van der Waals surface area (Å²) in [6.07, 6.45) is 8.08. The molecule has 3 heterocycles. The second kappa shape index (κ2) is 20.0. The van der Waals surface area contributed by atoms with Crippen molar-refractivity contribution >= 4 is 45.8 Å². The van der Waals surface area contributed by atoms with Crippen LogP contribution in [0.3, 0.4) is 0 Å². The third kappa shape index (κ3) is 11.5. The Kier molecular flexibility index (Phi) is 14.9. The summed E-state index contributed by atoms with van der Waals surface area (Å²) in [5.74, 6) is -3.09. The number of imide groups is 1. The van der Waals surface area contributed by atoms with Gasteiger partial charge in [0.2, 0.25) is 29.4 Å². The molecule has 0 saturated carbocycles. The molecule has 52 heavy (non-hydrogen) atoms. The summed E-state index contributed by atoms with van der Waals surface area (Å²) in [6, 6.07) is 9.71. The first-order valence-electron chi connectivity index (χ1n) is 18.2. The molecule has 2 fully saturated rings. The van der Waals surface area contributed by atoms with Gasteiger partial charge in [-0.05, 0) is 61.9 Å². The number of thiazole rings is 1. The van der Waals surface area contributed by atoms with Crippen LogP contribution >= 0.6 is 11.3 Å². The van der Waals surface area contributed by atoms with Crippen molar-refractivity contribution in [1.29, 1.82) is 0 Å². The summed E-state index contributed by atoms with van der Waals surface area (Å²) < 4.78 is 40.0. The van der Waals surface area contributed by atoms with E-state index in [-0.39, 0.29) is 41.9 Å². The topological polar surface area (TPSA) is 139 Å². The van der Waals surface area contributed by atoms with Gasteiger partial charge in [-0.2, -0.15) is 4.39 Å². The predicted molar refractivity (Wildman–Crippen MR) is 195 cm³/mol. The molecule has 1 atom stereocenters. The SMILES string of the molecule is O=C(CCCCCCCCOc1c(-c2csc(N3CCOCC3)n2)ccc(F)c1F)NCCCCC(=O)Nc1ccc(C2CCC(=O)NC2=O)cc1. The van der Waals surface area contributed by atoms with Gasteiger partial charge < -0.3 is 25.0 Å². The summed E-state index contributed by atoms with van der Waals surface area (Å²) in [5, 5.41) is 10.8. The van der Waals surface area contributed by atoms with Gasteiger partial charge in [0.15, 0.2) is 16.7 Å². The number of nitrogens with zero attached hydrogens (tertiary/aromatic N) is 2. The first kappa shape index (κ1) is 38.8. The Balaban J connectivity index is 0.880. The lowest BCUT2D eigenvalue weighted by Gasteiger charge is -2.26. The number of hydrogen-bond donors (Lipinski definition) is 3. The Hall–Kier alpha value is -4.43. The van der Waals surface area contributed by atoms with Gasteiger partial charge in [0.1, 0.15) is 0 Å². The molecule has 11 nitrogen and oxygen atoms in total. The number of piperidine rings is 1. The molecule has 3 aromatic rings. The number of rotatable bonds is 19. The van der Waals surface area contributed by atoms with Crippen molar-refractivity contribution in [3.05, 3.63) is 59.0 Å². The number of anilines is 2. The van der Waals surface area contributed by atoms with Gasteiger partial charge in [-0.3, -0.25) is 24.5 Å². The summed E-state index contributed by atoms with van der Waals surface area (Å²) in [6.45, 7) is 3.51. The maximum atomic E-state index is 14.8. The van der Waals surface area contributed by atoms with Gasteiger partial charge in [0.05, 0.1) is 31.4 Å². The van der Waals surface area contributed by atoms with Gasteiger partial charge >= 0.3 is 0 Å². The van der Waals surface area contributed by atoms with E-state index < -0.39 is 11.6 Å². The summed E-state index contributed by atoms with van der Waals surface area (Å²) in [7, 11) is 0. The van der Waals surface area contributed by atoms with Gasteiger partial charge in [0, 0.05) is 55.5 Å². The molecule has 2 aliphatic rings. The molecule has 280 valence electrons. The highest BCUT2D eigenvalue weighted by Crippen LogP contribution is 2.36. The van der Waals surface area contributed by atoms with Crippen molar-refractivity contribution in [3.8, 4) is 17.0 Å². The number of benzene rings is 2. The number of carbonyl (C=O) groups is 4. The first-order valence-corrected chi connectivity index (χ1v) is 19.1. The Bertz CT molecular complexity index is 1660. The number of unbranched alkanes of at least 4 members (excludes halogenated alkanes) is 6. The molecule has 1 unspecified atom stereocenters. The number of morpholine rings is 1. The third-order valence-corrected chi connectivity index (χ3v) is 10.0. The molecule has 1 aromatic heterocycles. The molecule has 0 aliphatic carbocycles. The number of carbonyl (C=O) groups excluding carboxylic acids is 4. The van der Waals surface area contributed by atoms with E-state index in [2.05, 4.69) is 25.8 Å². The van der Waals surface area contributed by atoms with Crippen molar-refractivity contribution in [1.82, 2.24) is 15.6 Å². The fraction of sp³-hybridized carbons (Fsp3) is 0.500. The second-order valence-corrected chi connectivity index (χ2v) is 13.9. The highest BCUT2D eigenvalue weighted by Gasteiger charge is 2.28. The third-order valence-electron chi connectivity index (χ3n) is 9.13. The molecular formula is C38H47F2N5O6S. The van der Waals surface area contributed by atoms with Gasteiger partial charge in [0.25, 0.3) is 0 Å². The molecule has 2 aliphatic heterocycles. The average molecular weight is 740 g/mol. The van der Waals surface area contributed by atoms with E-state index >= 15 is 0 Å². The van der Waals surface area contributed by atoms with Gasteiger partial charge in [-0.25, -0.2) is 9.37 Å². The zero-order valence-electron chi connectivity index (χ0n) is 29.4. The van der Waals surface area contributed by atoms with Crippen LogP contribution in [-0.4, -0.2) is 68.1 Å². The van der Waals surface area contributed by atoms with E-state index in [4.69, 9.17) is 9.47 Å². The standard InChI is InChI=1S/C38H47F2N5O6S/c39-30-17-15-29(31-25-52-38(43-31)45-20-23-50-24-21-45)36(35(30)40)51-22-8-4-2-1-3-5-9-32(46)41-19-7-6-10-33(47)42-27-13-11-26(12-14-27)28-16-18-34(48)44-37(28)49/h11-15,17,25,28H,1-10,16,18-24H2,(H,41,46)(H,42,47)(H,44,48,49). The van der Waals surface area contributed by atoms with E-state index in [1.807, 2.05) is 5.38 Å². The van der Waals surface area contributed by atoms with Crippen LogP contribution in [0.1, 0.15) is 88.5 Å². The van der Waals surface area contributed by atoms with E-state index in [1.54, 1.807) is 24.3 Å². The maximum absolute atomic E-state index is 14.8. The molecule has 4 amide bonds. The monoisotopic (exact) mass is 739 g/mol. The zero-order chi connectivity index (χ0) is 36.7. The van der Waals surface area contributed by atoms with Crippen LogP contribution in [0.2, 0.25) is 0 Å².